The standard InChI is InChI=1S/C13H18N4O2/c18-12(17-8-6-14-7-9-17)10-15-13(19)16-11-4-2-1-3-5-11/h1-5,14H,6-10H2,(H2,15,16,19). The number of hydrogen-bond acceptors (Lipinski definition) is 3. The number of anilines is 1. The minimum atomic E-state index is -0.366. The van der Waals surface area contributed by atoms with Gasteiger partial charge in [0.1, 0.15) is 0 Å². The quantitative estimate of drug-likeness (QED) is 0.730. The normalized spacial score (nSPS) is 14.8. The van der Waals surface area contributed by atoms with Crippen LogP contribution < -0.4 is 16.0 Å². The smallest absolute Gasteiger partial charge is 0.319 e. The number of hydrogen-bond donors (Lipinski definition) is 3. The van der Waals surface area contributed by atoms with Gasteiger partial charge in [-0.2, -0.15) is 0 Å². The van der Waals surface area contributed by atoms with Crippen molar-refractivity contribution in [3.8, 4) is 0 Å². The van der Waals surface area contributed by atoms with E-state index in [1.165, 1.54) is 0 Å². The van der Waals surface area contributed by atoms with Crippen molar-refractivity contribution in [2.75, 3.05) is 38.0 Å². The van der Waals surface area contributed by atoms with E-state index in [2.05, 4.69) is 16.0 Å². The number of carbonyl (C=O) groups excluding carboxylic acids is 2. The number of para-hydroxylation sites is 1. The zero-order chi connectivity index (χ0) is 13.5. The molecule has 1 aromatic rings. The fourth-order valence-corrected chi connectivity index (χ4v) is 1.88. The molecule has 1 aliphatic rings. The van der Waals surface area contributed by atoms with Gasteiger partial charge in [0.15, 0.2) is 0 Å². The second-order valence-corrected chi connectivity index (χ2v) is 4.30. The highest BCUT2D eigenvalue weighted by atomic mass is 16.2. The molecule has 0 aliphatic carbocycles. The van der Waals surface area contributed by atoms with E-state index >= 15 is 0 Å². The Morgan fingerprint density at radius 2 is 1.84 bits per heavy atom. The van der Waals surface area contributed by atoms with Crippen LogP contribution in [0.1, 0.15) is 0 Å². The van der Waals surface area contributed by atoms with E-state index < -0.39 is 0 Å². The maximum Gasteiger partial charge on any atom is 0.319 e. The summed E-state index contributed by atoms with van der Waals surface area (Å²) in [5.74, 6) is -0.0512. The third kappa shape index (κ3) is 4.26. The summed E-state index contributed by atoms with van der Waals surface area (Å²) in [5, 5.41) is 8.41. The molecule has 6 nitrogen and oxygen atoms in total. The molecule has 19 heavy (non-hydrogen) atoms. The van der Waals surface area contributed by atoms with E-state index in [0.29, 0.717) is 18.8 Å². The van der Waals surface area contributed by atoms with Crippen molar-refractivity contribution in [1.82, 2.24) is 15.5 Å². The number of piperazine rings is 1. The molecule has 1 aromatic carbocycles. The highest BCUT2D eigenvalue weighted by Crippen LogP contribution is 2.04. The number of carbonyl (C=O) groups is 2. The Morgan fingerprint density at radius 1 is 1.16 bits per heavy atom. The van der Waals surface area contributed by atoms with E-state index in [1.807, 2.05) is 18.2 Å². The largest absolute Gasteiger partial charge is 0.339 e. The van der Waals surface area contributed by atoms with E-state index in [-0.39, 0.29) is 18.5 Å². The molecule has 2 rings (SSSR count). The number of amides is 3. The van der Waals surface area contributed by atoms with Gasteiger partial charge in [-0.25, -0.2) is 4.79 Å². The van der Waals surface area contributed by atoms with Crippen LogP contribution in [0.2, 0.25) is 0 Å². The molecule has 0 atom stereocenters. The van der Waals surface area contributed by atoms with Gasteiger partial charge in [-0.3, -0.25) is 4.79 Å². The topological polar surface area (TPSA) is 73.5 Å². The SMILES string of the molecule is O=C(NCC(=O)N1CCNCC1)Nc1ccccc1. The fraction of sp³-hybridized carbons (Fsp3) is 0.385. The fourth-order valence-electron chi connectivity index (χ4n) is 1.88. The van der Waals surface area contributed by atoms with Crippen molar-refractivity contribution < 1.29 is 9.59 Å². The van der Waals surface area contributed by atoms with Crippen molar-refractivity contribution in [1.29, 1.82) is 0 Å². The molecule has 1 saturated heterocycles. The molecular weight excluding hydrogens is 244 g/mol. The van der Waals surface area contributed by atoms with Gasteiger partial charge in [0, 0.05) is 31.9 Å². The minimum Gasteiger partial charge on any atom is -0.339 e. The Balaban J connectivity index is 1.72. The molecule has 3 N–H and O–H groups in total. The Hall–Kier alpha value is -2.08. The van der Waals surface area contributed by atoms with Crippen LogP contribution in [-0.4, -0.2) is 49.6 Å². The number of urea groups is 1. The molecule has 0 spiro atoms. The third-order valence-electron chi connectivity index (χ3n) is 2.90. The van der Waals surface area contributed by atoms with Crippen LogP contribution in [0.25, 0.3) is 0 Å². The zero-order valence-corrected chi connectivity index (χ0v) is 10.7. The summed E-state index contributed by atoms with van der Waals surface area (Å²) in [4.78, 5) is 25.2. The molecule has 1 aliphatic heterocycles. The molecule has 102 valence electrons. The Kier molecular flexibility index (Phi) is 4.74. The lowest BCUT2D eigenvalue weighted by molar-refractivity contribution is -0.130. The summed E-state index contributed by atoms with van der Waals surface area (Å²) in [6.45, 7) is 3.03. The predicted octanol–water partition coefficient (Wildman–Crippen LogP) is 0.240. The van der Waals surface area contributed by atoms with Crippen molar-refractivity contribution in [3.63, 3.8) is 0 Å². The summed E-state index contributed by atoms with van der Waals surface area (Å²) in [6.07, 6.45) is 0. The van der Waals surface area contributed by atoms with Crippen molar-refractivity contribution in [3.05, 3.63) is 30.3 Å². The molecule has 0 bridgehead atoms. The number of nitrogens with zero attached hydrogens (tertiary/aromatic N) is 1. The molecule has 3 amide bonds. The molecule has 0 saturated carbocycles. The summed E-state index contributed by atoms with van der Waals surface area (Å²) < 4.78 is 0. The van der Waals surface area contributed by atoms with Crippen LogP contribution in [0, 0.1) is 0 Å². The first-order valence-electron chi connectivity index (χ1n) is 6.34. The molecular formula is C13H18N4O2. The highest BCUT2D eigenvalue weighted by molar-refractivity contribution is 5.92. The monoisotopic (exact) mass is 262 g/mol. The first-order chi connectivity index (χ1) is 9.25. The number of benzene rings is 1. The lowest BCUT2D eigenvalue weighted by atomic mass is 10.3. The Bertz CT molecular complexity index is 430. The molecule has 6 heteroatoms. The number of rotatable bonds is 3. The zero-order valence-electron chi connectivity index (χ0n) is 10.7. The molecule has 0 radical (unpaired) electrons. The van der Waals surface area contributed by atoms with Gasteiger partial charge >= 0.3 is 6.03 Å². The molecule has 0 aromatic heterocycles. The summed E-state index contributed by atoms with van der Waals surface area (Å²) in [5.41, 5.74) is 0.703. The van der Waals surface area contributed by atoms with Gasteiger partial charge in [0.25, 0.3) is 0 Å². The van der Waals surface area contributed by atoms with E-state index in [9.17, 15) is 9.59 Å². The van der Waals surface area contributed by atoms with E-state index in [1.54, 1.807) is 17.0 Å². The second kappa shape index (κ2) is 6.75. The van der Waals surface area contributed by atoms with Crippen molar-refractivity contribution in [2.45, 2.75) is 0 Å². The predicted molar refractivity (Wildman–Crippen MR) is 72.9 cm³/mol. The van der Waals surface area contributed by atoms with Crippen LogP contribution in [0.5, 0.6) is 0 Å². The van der Waals surface area contributed by atoms with Gasteiger partial charge in [0.05, 0.1) is 6.54 Å². The first-order valence-corrected chi connectivity index (χ1v) is 6.34. The maximum atomic E-state index is 11.8. The van der Waals surface area contributed by atoms with Gasteiger partial charge in [-0.15, -0.1) is 0 Å². The molecule has 1 heterocycles. The van der Waals surface area contributed by atoms with Gasteiger partial charge in [-0.05, 0) is 12.1 Å². The Morgan fingerprint density at radius 3 is 2.53 bits per heavy atom. The van der Waals surface area contributed by atoms with Crippen molar-refractivity contribution in [2.24, 2.45) is 0 Å². The van der Waals surface area contributed by atoms with Crippen LogP contribution in [-0.2, 0) is 4.79 Å². The summed E-state index contributed by atoms with van der Waals surface area (Å²) >= 11 is 0. The minimum absolute atomic E-state index is 0.0265. The third-order valence-corrected chi connectivity index (χ3v) is 2.90. The molecule has 1 fully saturated rings. The van der Waals surface area contributed by atoms with Crippen LogP contribution >= 0.6 is 0 Å². The Labute approximate surface area is 112 Å². The van der Waals surface area contributed by atoms with Crippen LogP contribution in [0.3, 0.4) is 0 Å². The second-order valence-electron chi connectivity index (χ2n) is 4.30. The summed E-state index contributed by atoms with van der Waals surface area (Å²) in [7, 11) is 0. The summed E-state index contributed by atoms with van der Waals surface area (Å²) in [6, 6.07) is 8.75. The van der Waals surface area contributed by atoms with Gasteiger partial charge in [0.2, 0.25) is 5.91 Å². The van der Waals surface area contributed by atoms with Crippen LogP contribution in [0.15, 0.2) is 30.3 Å². The average Bonchev–Trinajstić information content (AvgIpc) is 2.47. The van der Waals surface area contributed by atoms with Crippen molar-refractivity contribution >= 4 is 17.6 Å². The number of nitrogens with one attached hydrogen (secondary N) is 3. The van der Waals surface area contributed by atoms with Crippen LogP contribution in [0.4, 0.5) is 10.5 Å². The first kappa shape index (κ1) is 13.4. The van der Waals surface area contributed by atoms with E-state index in [0.717, 1.165) is 13.1 Å². The highest BCUT2D eigenvalue weighted by Gasteiger charge is 2.16. The molecule has 0 unspecified atom stereocenters. The van der Waals surface area contributed by atoms with Gasteiger partial charge in [-0.1, -0.05) is 18.2 Å². The lowest BCUT2D eigenvalue weighted by Crippen LogP contribution is -2.49. The van der Waals surface area contributed by atoms with Gasteiger partial charge < -0.3 is 20.9 Å². The maximum absolute atomic E-state index is 11.8. The lowest BCUT2D eigenvalue weighted by Gasteiger charge is -2.27. The van der Waals surface area contributed by atoms with E-state index in [4.69, 9.17) is 0 Å². The average molecular weight is 262 g/mol.